The van der Waals surface area contributed by atoms with Crippen LogP contribution in [0, 0.1) is 6.92 Å². The van der Waals surface area contributed by atoms with Crippen LogP contribution in [0.4, 0.5) is 0 Å². The van der Waals surface area contributed by atoms with E-state index in [0.717, 1.165) is 6.42 Å². The summed E-state index contributed by atoms with van der Waals surface area (Å²) in [7, 11) is 0. The second kappa shape index (κ2) is 7.35. The third-order valence-electron chi connectivity index (χ3n) is 6.17. The maximum absolute atomic E-state index is 2.33. The smallest absolute Gasteiger partial charge is 0.0146 e. The van der Waals surface area contributed by atoms with Gasteiger partial charge in [0.15, 0.2) is 0 Å². The van der Waals surface area contributed by atoms with Crippen LogP contribution in [0.2, 0.25) is 0 Å². The predicted molar refractivity (Wildman–Crippen MR) is 118 cm³/mol. The molecule has 0 saturated heterocycles. The summed E-state index contributed by atoms with van der Waals surface area (Å²) in [5.74, 6) is 0. The number of aryl methyl sites for hydroxylation is 1. The van der Waals surface area contributed by atoms with Crippen molar-refractivity contribution in [3.63, 3.8) is 0 Å². The Labute approximate surface area is 165 Å². The Morgan fingerprint density at radius 1 is 0.630 bits per heavy atom. The lowest BCUT2D eigenvalue weighted by Crippen LogP contribution is -2.22. The Morgan fingerprint density at radius 3 is 1.67 bits per heavy atom. The van der Waals surface area contributed by atoms with E-state index in [0.29, 0.717) is 0 Å². The Morgan fingerprint density at radius 2 is 1.11 bits per heavy atom. The largest absolute Gasteiger partial charge is 0.0802 e. The first-order valence-electron chi connectivity index (χ1n) is 9.94. The molecule has 0 bridgehead atoms. The zero-order valence-electron chi connectivity index (χ0n) is 17.6. The van der Waals surface area contributed by atoms with Gasteiger partial charge in [-0.3, -0.25) is 0 Å². The summed E-state index contributed by atoms with van der Waals surface area (Å²) >= 11 is 0. The quantitative estimate of drug-likeness (QED) is 0.534. The lowest BCUT2D eigenvalue weighted by molar-refractivity contribution is 0.605. The van der Waals surface area contributed by atoms with Crippen molar-refractivity contribution in [2.75, 3.05) is 0 Å². The third-order valence-corrected chi connectivity index (χ3v) is 6.17. The van der Waals surface area contributed by atoms with E-state index in [9.17, 15) is 0 Å². The van der Waals surface area contributed by atoms with Crippen LogP contribution in [0.5, 0.6) is 0 Å². The second-order valence-corrected chi connectivity index (χ2v) is 8.90. The van der Waals surface area contributed by atoms with Gasteiger partial charge in [0.2, 0.25) is 0 Å². The summed E-state index contributed by atoms with van der Waals surface area (Å²) in [4.78, 5) is 0. The maximum atomic E-state index is 2.33. The van der Waals surface area contributed by atoms with Gasteiger partial charge in [0.05, 0.1) is 0 Å². The van der Waals surface area contributed by atoms with Crippen molar-refractivity contribution in [2.45, 2.75) is 58.8 Å². The van der Waals surface area contributed by atoms with Gasteiger partial charge in [-0.2, -0.15) is 0 Å². The van der Waals surface area contributed by atoms with E-state index in [1.807, 2.05) is 0 Å². The highest BCUT2D eigenvalue weighted by Gasteiger charge is 2.27. The van der Waals surface area contributed by atoms with E-state index in [4.69, 9.17) is 0 Å². The van der Waals surface area contributed by atoms with E-state index in [-0.39, 0.29) is 10.8 Å². The molecule has 0 nitrogen and oxygen atoms in total. The van der Waals surface area contributed by atoms with Crippen LogP contribution in [0.1, 0.15) is 63.3 Å². The molecular formula is C27H32. The molecular weight excluding hydrogens is 324 g/mol. The lowest BCUT2D eigenvalue weighted by atomic mass is 9.73. The topological polar surface area (TPSA) is 0 Å². The van der Waals surface area contributed by atoms with Crippen LogP contribution in [-0.2, 0) is 10.8 Å². The summed E-state index contributed by atoms with van der Waals surface area (Å²) in [6.45, 7) is 13.6. The maximum Gasteiger partial charge on any atom is 0.0146 e. The van der Waals surface area contributed by atoms with Crippen LogP contribution >= 0.6 is 0 Å². The first-order chi connectivity index (χ1) is 12.7. The standard InChI is InChI=1S/C27H32/c1-20-8-7-9-22(13-10-20)26(3,4)24-16-18-25(19-17-24)27(5,6)23-14-11-21(2)12-15-23/h7-8,10-19H,9H2,1-6H3. The Kier molecular flexibility index (Phi) is 5.29. The molecule has 0 spiro atoms. The van der Waals surface area contributed by atoms with Gasteiger partial charge in [0.25, 0.3) is 0 Å². The van der Waals surface area contributed by atoms with Gasteiger partial charge in [-0.05, 0) is 37.0 Å². The fourth-order valence-electron chi connectivity index (χ4n) is 3.82. The minimum Gasteiger partial charge on any atom is -0.0802 e. The average Bonchev–Trinajstić information content (AvgIpc) is 2.87. The van der Waals surface area contributed by atoms with Crippen molar-refractivity contribution >= 4 is 0 Å². The third kappa shape index (κ3) is 4.00. The van der Waals surface area contributed by atoms with Gasteiger partial charge in [-0.25, -0.2) is 0 Å². The van der Waals surface area contributed by atoms with Crippen molar-refractivity contribution in [1.29, 1.82) is 0 Å². The summed E-state index contributed by atoms with van der Waals surface area (Å²) in [5, 5.41) is 0. The monoisotopic (exact) mass is 356 g/mol. The van der Waals surface area contributed by atoms with E-state index < -0.39 is 0 Å². The van der Waals surface area contributed by atoms with Gasteiger partial charge in [0.1, 0.15) is 0 Å². The van der Waals surface area contributed by atoms with Gasteiger partial charge in [-0.15, -0.1) is 0 Å². The molecule has 2 aromatic rings. The molecule has 3 rings (SSSR count). The van der Waals surface area contributed by atoms with Crippen molar-refractivity contribution < 1.29 is 0 Å². The highest BCUT2D eigenvalue weighted by molar-refractivity contribution is 5.44. The molecule has 0 heterocycles. The molecule has 0 radical (unpaired) electrons. The predicted octanol–water partition coefficient (Wildman–Crippen LogP) is 7.43. The van der Waals surface area contributed by atoms with Crippen LogP contribution in [0.15, 0.2) is 84.0 Å². The number of benzene rings is 2. The van der Waals surface area contributed by atoms with Crippen LogP contribution in [-0.4, -0.2) is 0 Å². The summed E-state index contributed by atoms with van der Waals surface area (Å²) in [6, 6.07) is 18.2. The highest BCUT2D eigenvalue weighted by atomic mass is 14.3. The molecule has 0 saturated carbocycles. The molecule has 0 unspecified atom stereocenters. The number of hydrogen-bond acceptors (Lipinski definition) is 0. The molecule has 1 aliphatic rings. The summed E-state index contributed by atoms with van der Waals surface area (Å²) < 4.78 is 0. The normalized spacial score (nSPS) is 15.2. The van der Waals surface area contributed by atoms with E-state index in [1.54, 1.807) is 0 Å². The fraction of sp³-hybridized carbons (Fsp3) is 0.333. The summed E-state index contributed by atoms with van der Waals surface area (Å²) in [5.41, 5.74) is 8.20. The van der Waals surface area contributed by atoms with Crippen LogP contribution < -0.4 is 0 Å². The van der Waals surface area contributed by atoms with Gasteiger partial charge in [0, 0.05) is 10.8 Å². The second-order valence-electron chi connectivity index (χ2n) is 8.90. The summed E-state index contributed by atoms with van der Waals surface area (Å²) in [6.07, 6.45) is 10.0. The van der Waals surface area contributed by atoms with Crippen LogP contribution in [0.3, 0.4) is 0 Å². The SMILES string of the molecule is CC1=CC=C(C(C)(C)c2ccc(C(C)(C)c3ccc(C)cc3)cc2)CC=C1. The van der Waals surface area contributed by atoms with Gasteiger partial charge >= 0.3 is 0 Å². The molecule has 0 amide bonds. The van der Waals surface area contributed by atoms with Crippen molar-refractivity contribution in [1.82, 2.24) is 0 Å². The molecule has 140 valence electrons. The molecule has 0 aromatic heterocycles. The molecule has 27 heavy (non-hydrogen) atoms. The van der Waals surface area contributed by atoms with E-state index in [2.05, 4.69) is 114 Å². The Hall–Kier alpha value is -2.34. The molecule has 0 N–H and O–H groups in total. The Balaban J connectivity index is 1.90. The molecule has 2 aromatic carbocycles. The fourth-order valence-corrected chi connectivity index (χ4v) is 3.82. The minimum atomic E-state index is 0.000542. The first kappa shape index (κ1) is 19.4. The molecule has 0 fully saturated rings. The van der Waals surface area contributed by atoms with Gasteiger partial charge < -0.3 is 0 Å². The first-order valence-corrected chi connectivity index (χ1v) is 9.94. The number of hydrogen-bond donors (Lipinski definition) is 0. The Bertz CT molecular complexity index is 882. The van der Waals surface area contributed by atoms with E-state index in [1.165, 1.54) is 33.4 Å². The molecule has 0 aliphatic heterocycles. The highest BCUT2D eigenvalue weighted by Crippen LogP contribution is 2.37. The minimum absolute atomic E-state index is 0.000542. The van der Waals surface area contributed by atoms with Crippen molar-refractivity contribution in [3.8, 4) is 0 Å². The average molecular weight is 357 g/mol. The number of allylic oxidation sites excluding steroid dienone is 6. The van der Waals surface area contributed by atoms with Crippen LogP contribution in [0.25, 0.3) is 0 Å². The van der Waals surface area contributed by atoms with Gasteiger partial charge in [-0.1, -0.05) is 117 Å². The zero-order chi connectivity index (χ0) is 19.7. The molecule has 0 heteroatoms. The molecule has 1 aliphatic carbocycles. The van der Waals surface area contributed by atoms with E-state index >= 15 is 0 Å². The number of rotatable bonds is 4. The van der Waals surface area contributed by atoms with Crippen molar-refractivity contribution in [2.24, 2.45) is 0 Å². The van der Waals surface area contributed by atoms with Crippen molar-refractivity contribution in [3.05, 3.63) is 106 Å². The molecule has 0 atom stereocenters. The zero-order valence-corrected chi connectivity index (χ0v) is 17.6. The lowest BCUT2D eigenvalue weighted by Gasteiger charge is -2.30.